The number of aromatic amines is 2. The van der Waals surface area contributed by atoms with E-state index in [9.17, 15) is 9.59 Å². The smallest absolute Gasteiger partial charge is 0.349 e. The fraction of sp³-hybridized carbons (Fsp3) is 0.111. The van der Waals surface area contributed by atoms with Gasteiger partial charge in [0, 0.05) is 0 Å². The number of para-hydroxylation sites is 2. The lowest BCUT2D eigenvalue weighted by Gasteiger charge is -2.05. The molecule has 0 spiro atoms. The zero-order valence-electron chi connectivity index (χ0n) is 7.98. The van der Waals surface area contributed by atoms with Gasteiger partial charge < -0.3 is 4.74 Å². The Hall–Kier alpha value is -2.24. The van der Waals surface area contributed by atoms with Crippen LogP contribution in [0.2, 0.25) is 0 Å². The van der Waals surface area contributed by atoms with E-state index in [1.165, 1.54) is 7.11 Å². The molecule has 78 valence electrons. The van der Waals surface area contributed by atoms with Crippen LogP contribution in [0.4, 0.5) is 0 Å². The summed E-state index contributed by atoms with van der Waals surface area (Å²) < 4.78 is 6.02. The summed E-state index contributed by atoms with van der Waals surface area (Å²) >= 11 is 0. The number of aromatic nitrogens is 3. The Morgan fingerprint density at radius 3 is 2.33 bits per heavy atom. The van der Waals surface area contributed by atoms with E-state index in [2.05, 4.69) is 10.2 Å². The maximum atomic E-state index is 11.3. The highest BCUT2D eigenvalue weighted by Crippen LogP contribution is 2.18. The number of nitrogens with zero attached hydrogens (tertiary/aromatic N) is 1. The van der Waals surface area contributed by atoms with Crippen LogP contribution in [0.15, 0.2) is 33.9 Å². The molecule has 0 aliphatic heterocycles. The molecule has 0 amide bonds. The first-order valence-corrected chi connectivity index (χ1v) is 4.27. The molecule has 0 radical (unpaired) electrons. The van der Waals surface area contributed by atoms with Gasteiger partial charge in [0.05, 0.1) is 12.8 Å². The number of ether oxygens (including phenoxy) is 1. The number of benzene rings is 1. The number of H-pyrrole nitrogens is 2. The van der Waals surface area contributed by atoms with Crippen LogP contribution in [-0.4, -0.2) is 21.9 Å². The average molecular weight is 207 g/mol. The normalized spacial score (nSPS) is 10.2. The Morgan fingerprint density at radius 1 is 1.13 bits per heavy atom. The van der Waals surface area contributed by atoms with Gasteiger partial charge in [0.2, 0.25) is 0 Å². The van der Waals surface area contributed by atoms with E-state index < -0.39 is 11.4 Å². The quantitative estimate of drug-likeness (QED) is 0.719. The summed E-state index contributed by atoms with van der Waals surface area (Å²) in [4.78, 5) is 22.7. The number of hydrogen-bond acceptors (Lipinski definition) is 3. The summed E-state index contributed by atoms with van der Waals surface area (Å²) in [5.41, 5.74) is -0.637. The molecule has 15 heavy (non-hydrogen) atoms. The minimum atomic E-state index is -0.524. The van der Waals surface area contributed by atoms with Crippen molar-refractivity contribution in [2.75, 3.05) is 7.11 Å². The van der Waals surface area contributed by atoms with Crippen molar-refractivity contribution in [2.45, 2.75) is 0 Å². The van der Waals surface area contributed by atoms with E-state index in [0.717, 1.165) is 4.57 Å². The topological polar surface area (TPSA) is 79.9 Å². The molecule has 1 aromatic carbocycles. The second-order valence-corrected chi connectivity index (χ2v) is 2.87. The molecular formula is C9H9N3O3. The summed E-state index contributed by atoms with van der Waals surface area (Å²) in [7, 11) is 1.48. The van der Waals surface area contributed by atoms with Gasteiger partial charge in [-0.15, -0.1) is 0 Å². The van der Waals surface area contributed by atoms with E-state index in [-0.39, 0.29) is 0 Å². The van der Waals surface area contributed by atoms with Crippen LogP contribution < -0.4 is 16.1 Å². The first-order chi connectivity index (χ1) is 7.24. The van der Waals surface area contributed by atoms with E-state index >= 15 is 0 Å². The van der Waals surface area contributed by atoms with Crippen LogP contribution in [0.1, 0.15) is 0 Å². The number of rotatable bonds is 2. The average Bonchev–Trinajstić information content (AvgIpc) is 2.59. The van der Waals surface area contributed by atoms with Crippen molar-refractivity contribution >= 4 is 0 Å². The highest BCUT2D eigenvalue weighted by molar-refractivity contribution is 5.45. The van der Waals surface area contributed by atoms with Crippen LogP contribution in [0.25, 0.3) is 5.69 Å². The number of nitrogens with one attached hydrogen (secondary N) is 2. The molecule has 0 unspecified atom stereocenters. The highest BCUT2D eigenvalue weighted by atomic mass is 16.5. The van der Waals surface area contributed by atoms with Crippen molar-refractivity contribution in [1.82, 2.24) is 14.8 Å². The second-order valence-electron chi connectivity index (χ2n) is 2.87. The summed E-state index contributed by atoms with van der Waals surface area (Å²) in [6, 6.07) is 6.78. The second kappa shape index (κ2) is 3.49. The maximum absolute atomic E-state index is 11.3. The lowest BCUT2D eigenvalue weighted by Crippen LogP contribution is -2.24. The molecule has 2 aromatic rings. The number of methoxy groups -OCH3 is 1. The zero-order chi connectivity index (χ0) is 10.8. The molecule has 0 saturated heterocycles. The first kappa shape index (κ1) is 9.32. The molecule has 0 aliphatic carbocycles. The van der Waals surface area contributed by atoms with Crippen LogP contribution in [0.3, 0.4) is 0 Å². The molecule has 2 rings (SSSR count). The molecule has 1 heterocycles. The molecule has 0 atom stereocenters. The Kier molecular flexibility index (Phi) is 2.17. The molecule has 0 aliphatic rings. The van der Waals surface area contributed by atoms with Crippen LogP contribution >= 0.6 is 0 Å². The summed E-state index contributed by atoms with van der Waals surface area (Å²) in [5, 5.41) is 4.40. The lowest BCUT2D eigenvalue weighted by atomic mass is 10.3. The van der Waals surface area contributed by atoms with Crippen LogP contribution in [0.5, 0.6) is 5.75 Å². The predicted molar refractivity (Wildman–Crippen MR) is 53.6 cm³/mol. The van der Waals surface area contributed by atoms with Gasteiger partial charge in [0.25, 0.3) is 0 Å². The number of hydrogen-bond donors (Lipinski definition) is 2. The Labute approximate surface area is 84.1 Å². The maximum Gasteiger partial charge on any atom is 0.349 e. The van der Waals surface area contributed by atoms with E-state index in [1.807, 2.05) is 0 Å². The fourth-order valence-corrected chi connectivity index (χ4v) is 1.34. The van der Waals surface area contributed by atoms with Crippen molar-refractivity contribution < 1.29 is 4.74 Å². The van der Waals surface area contributed by atoms with Crippen molar-refractivity contribution in [3.05, 3.63) is 45.2 Å². The predicted octanol–water partition coefficient (Wildman–Crippen LogP) is -0.138. The van der Waals surface area contributed by atoms with Gasteiger partial charge in [-0.25, -0.2) is 24.4 Å². The van der Waals surface area contributed by atoms with Crippen molar-refractivity contribution in [3.8, 4) is 11.4 Å². The molecule has 0 bridgehead atoms. The monoisotopic (exact) mass is 207 g/mol. The van der Waals surface area contributed by atoms with Crippen molar-refractivity contribution in [1.29, 1.82) is 0 Å². The van der Waals surface area contributed by atoms with Crippen molar-refractivity contribution in [3.63, 3.8) is 0 Å². The van der Waals surface area contributed by atoms with Gasteiger partial charge in [0.15, 0.2) is 0 Å². The molecule has 2 N–H and O–H groups in total. The Balaban J connectivity index is 2.74. The third-order valence-electron chi connectivity index (χ3n) is 2.01. The van der Waals surface area contributed by atoms with E-state index in [0.29, 0.717) is 11.4 Å². The summed E-state index contributed by atoms with van der Waals surface area (Å²) in [5.74, 6) is 0.463. The standard InChI is InChI=1S/C9H9N3O3/c1-15-7-5-3-2-4-6(7)12-8(13)10-11-9(12)14/h2-5H,1H3,(H,10,13)(H,11,14). The van der Waals surface area contributed by atoms with Crippen LogP contribution in [0, 0.1) is 0 Å². The van der Waals surface area contributed by atoms with Gasteiger partial charge in [-0.3, -0.25) is 0 Å². The lowest BCUT2D eigenvalue weighted by molar-refractivity contribution is 0.412. The summed E-state index contributed by atoms with van der Waals surface area (Å²) in [6.45, 7) is 0. The highest BCUT2D eigenvalue weighted by Gasteiger charge is 2.09. The third-order valence-corrected chi connectivity index (χ3v) is 2.01. The zero-order valence-corrected chi connectivity index (χ0v) is 7.98. The molecule has 0 fully saturated rings. The fourth-order valence-electron chi connectivity index (χ4n) is 1.34. The minimum Gasteiger partial charge on any atom is -0.495 e. The van der Waals surface area contributed by atoms with E-state index in [1.54, 1.807) is 24.3 Å². The van der Waals surface area contributed by atoms with Gasteiger partial charge in [0.1, 0.15) is 5.75 Å². The molecule has 1 aromatic heterocycles. The molecule has 6 nitrogen and oxygen atoms in total. The van der Waals surface area contributed by atoms with Crippen molar-refractivity contribution in [2.24, 2.45) is 0 Å². The minimum absolute atomic E-state index is 0.410. The Morgan fingerprint density at radius 2 is 1.73 bits per heavy atom. The largest absolute Gasteiger partial charge is 0.495 e. The third kappa shape index (κ3) is 1.45. The Bertz CT molecular complexity index is 551. The van der Waals surface area contributed by atoms with Gasteiger partial charge in [-0.1, -0.05) is 12.1 Å². The molecule has 0 saturated carbocycles. The molecular weight excluding hydrogens is 198 g/mol. The van der Waals surface area contributed by atoms with Crippen LogP contribution in [-0.2, 0) is 0 Å². The summed E-state index contributed by atoms with van der Waals surface area (Å²) in [6.07, 6.45) is 0. The van der Waals surface area contributed by atoms with E-state index in [4.69, 9.17) is 4.74 Å². The van der Waals surface area contributed by atoms with Gasteiger partial charge in [-0.05, 0) is 12.1 Å². The first-order valence-electron chi connectivity index (χ1n) is 4.27. The van der Waals surface area contributed by atoms with Gasteiger partial charge >= 0.3 is 11.4 Å². The van der Waals surface area contributed by atoms with Gasteiger partial charge in [-0.2, -0.15) is 0 Å². The molecule has 6 heteroatoms. The SMILES string of the molecule is COc1ccccc1-n1c(=O)[nH][nH]c1=O.